The summed E-state index contributed by atoms with van der Waals surface area (Å²) < 4.78 is 18.8. The Kier molecular flexibility index (Phi) is 4.07. The van der Waals surface area contributed by atoms with Crippen molar-refractivity contribution in [1.29, 1.82) is 0 Å². The van der Waals surface area contributed by atoms with Crippen LogP contribution in [0.4, 0.5) is 4.39 Å². The summed E-state index contributed by atoms with van der Waals surface area (Å²) in [4.78, 5) is 0. The first-order chi connectivity index (χ1) is 8.60. The van der Waals surface area contributed by atoms with Gasteiger partial charge in [-0.05, 0) is 29.8 Å². The van der Waals surface area contributed by atoms with E-state index in [1.54, 1.807) is 24.3 Å². The molecule has 0 spiro atoms. The van der Waals surface area contributed by atoms with Gasteiger partial charge in [0, 0.05) is 12.6 Å². The maximum Gasteiger partial charge on any atom is 0.147 e. The fourth-order valence-electron chi connectivity index (χ4n) is 1.49. The molecule has 0 unspecified atom stereocenters. The summed E-state index contributed by atoms with van der Waals surface area (Å²) in [5, 5.41) is 0.669. The number of nitrogens with two attached hydrogens (primary N) is 1. The predicted molar refractivity (Wildman–Crippen MR) is 70.8 cm³/mol. The minimum atomic E-state index is -0.411. The van der Waals surface area contributed by atoms with Gasteiger partial charge in [0.2, 0.25) is 0 Å². The van der Waals surface area contributed by atoms with Crippen LogP contribution in [-0.4, -0.2) is 0 Å². The van der Waals surface area contributed by atoms with E-state index < -0.39 is 5.82 Å². The summed E-state index contributed by atoms with van der Waals surface area (Å²) in [5.41, 5.74) is 6.11. The van der Waals surface area contributed by atoms with E-state index in [-0.39, 0.29) is 11.6 Å². The lowest BCUT2D eigenvalue weighted by molar-refractivity contribution is 0.476. The first kappa shape index (κ1) is 13.1. The van der Waals surface area contributed by atoms with Crippen LogP contribution in [0.1, 0.15) is 5.56 Å². The lowest BCUT2D eigenvalue weighted by atomic mass is 10.2. The third kappa shape index (κ3) is 2.93. The topological polar surface area (TPSA) is 35.2 Å². The Morgan fingerprint density at radius 1 is 1.17 bits per heavy atom. The van der Waals surface area contributed by atoms with Gasteiger partial charge in [0.1, 0.15) is 22.3 Å². The lowest BCUT2D eigenvalue weighted by Crippen LogP contribution is -1.97. The molecule has 0 bridgehead atoms. The summed E-state index contributed by atoms with van der Waals surface area (Å²) in [7, 11) is 0. The molecular weight excluding hydrogens is 276 g/mol. The van der Waals surface area contributed by atoms with E-state index in [2.05, 4.69) is 0 Å². The molecule has 2 nitrogen and oxygen atoms in total. The first-order valence-electron chi connectivity index (χ1n) is 5.21. The maximum atomic E-state index is 13.3. The van der Waals surface area contributed by atoms with Gasteiger partial charge < -0.3 is 10.5 Å². The number of rotatable bonds is 3. The highest BCUT2D eigenvalue weighted by Crippen LogP contribution is 2.34. The molecule has 0 aliphatic heterocycles. The van der Waals surface area contributed by atoms with E-state index in [4.69, 9.17) is 33.7 Å². The molecule has 0 radical (unpaired) electrons. The molecule has 2 N–H and O–H groups in total. The second-order valence-corrected chi connectivity index (χ2v) is 4.44. The highest BCUT2D eigenvalue weighted by molar-refractivity contribution is 6.42. The van der Waals surface area contributed by atoms with Crippen molar-refractivity contribution < 1.29 is 9.13 Å². The zero-order chi connectivity index (χ0) is 13.1. The maximum absolute atomic E-state index is 13.3. The summed E-state index contributed by atoms with van der Waals surface area (Å²) in [6, 6.07) is 9.27. The molecular formula is C13H10Cl2FNO. The molecule has 0 saturated heterocycles. The normalized spacial score (nSPS) is 10.4. The molecule has 2 aromatic carbocycles. The molecule has 0 atom stereocenters. The third-order valence-corrected chi connectivity index (χ3v) is 3.11. The van der Waals surface area contributed by atoms with Crippen LogP contribution in [0.2, 0.25) is 10.0 Å². The van der Waals surface area contributed by atoms with Gasteiger partial charge in [0.25, 0.3) is 0 Å². The number of halogens is 3. The Labute approximate surface area is 114 Å². The van der Waals surface area contributed by atoms with Crippen LogP contribution in [0.5, 0.6) is 11.5 Å². The summed E-state index contributed by atoms with van der Waals surface area (Å²) in [5.74, 6) is 0.295. The van der Waals surface area contributed by atoms with Gasteiger partial charge in [0.05, 0.1) is 5.02 Å². The Morgan fingerprint density at radius 3 is 2.67 bits per heavy atom. The monoisotopic (exact) mass is 285 g/mol. The van der Waals surface area contributed by atoms with E-state index in [1.807, 2.05) is 0 Å². The van der Waals surface area contributed by atoms with E-state index in [0.717, 1.165) is 0 Å². The minimum absolute atomic E-state index is 0.234. The van der Waals surface area contributed by atoms with E-state index in [1.165, 1.54) is 12.1 Å². The van der Waals surface area contributed by atoms with Crippen molar-refractivity contribution in [2.45, 2.75) is 6.54 Å². The van der Waals surface area contributed by atoms with Gasteiger partial charge in [-0.1, -0.05) is 29.3 Å². The fourth-order valence-corrected chi connectivity index (χ4v) is 1.82. The Morgan fingerprint density at radius 2 is 1.94 bits per heavy atom. The van der Waals surface area contributed by atoms with Crippen LogP contribution in [0.15, 0.2) is 36.4 Å². The SMILES string of the molecule is NCc1cc(F)cc(Oc2cccc(Cl)c2Cl)c1. The van der Waals surface area contributed by atoms with Crippen molar-refractivity contribution in [2.24, 2.45) is 5.73 Å². The Bertz CT molecular complexity index is 575. The minimum Gasteiger partial charge on any atom is -0.456 e. The average Bonchev–Trinajstić information content (AvgIpc) is 2.34. The van der Waals surface area contributed by atoms with Gasteiger partial charge in [0.15, 0.2) is 0 Å². The number of hydrogen-bond acceptors (Lipinski definition) is 2. The van der Waals surface area contributed by atoms with Gasteiger partial charge in [-0.2, -0.15) is 0 Å². The van der Waals surface area contributed by atoms with Crippen molar-refractivity contribution in [3.63, 3.8) is 0 Å². The summed E-state index contributed by atoms with van der Waals surface area (Å²) in [6.45, 7) is 0.234. The highest BCUT2D eigenvalue weighted by Gasteiger charge is 2.08. The summed E-state index contributed by atoms with van der Waals surface area (Å²) in [6.07, 6.45) is 0. The molecule has 0 heterocycles. The first-order valence-corrected chi connectivity index (χ1v) is 5.97. The van der Waals surface area contributed by atoms with Crippen molar-refractivity contribution >= 4 is 23.2 Å². The van der Waals surface area contributed by atoms with Crippen molar-refractivity contribution in [2.75, 3.05) is 0 Å². The smallest absolute Gasteiger partial charge is 0.147 e. The van der Waals surface area contributed by atoms with E-state index >= 15 is 0 Å². The fraction of sp³-hybridized carbons (Fsp3) is 0.0769. The largest absolute Gasteiger partial charge is 0.456 e. The second kappa shape index (κ2) is 5.57. The second-order valence-electron chi connectivity index (χ2n) is 3.65. The molecule has 0 aliphatic carbocycles. The summed E-state index contributed by atoms with van der Waals surface area (Å²) >= 11 is 11.8. The standard InChI is InChI=1S/C13H10Cl2FNO/c14-11-2-1-3-12(13(11)15)18-10-5-8(7-17)4-9(16)6-10/h1-6H,7,17H2. The van der Waals surface area contributed by atoms with Crippen LogP contribution >= 0.6 is 23.2 Å². The zero-order valence-corrected chi connectivity index (χ0v) is 10.8. The van der Waals surface area contributed by atoms with Crippen LogP contribution in [0.25, 0.3) is 0 Å². The average molecular weight is 286 g/mol. The molecule has 94 valence electrons. The quantitative estimate of drug-likeness (QED) is 0.908. The molecule has 2 rings (SSSR count). The van der Waals surface area contributed by atoms with Gasteiger partial charge in [-0.15, -0.1) is 0 Å². The number of benzene rings is 2. The highest BCUT2D eigenvalue weighted by atomic mass is 35.5. The molecule has 2 aromatic rings. The molecule has 0 aromatic heterocycles. The van der Waals surface area contributed by atoms with Gasteiger partial charge in [-0.25, -0.2) is 4.39 Å². The lowest BCUT2D eigenvalue weighted by Gasteiger charge is -2.09. The molecule has 0 amide bonds. The number of ether oxygens (including phenoxy) is 1. The molecule has 5 heteroatoms. The van der Waals surface area contributed by atoms with Crippen LogP contribution < -0.4 is 10.5 Å². The van der Waals surface area contributed by atoms with E-state index in [0.29, 0.717) is 22.1 Å². The van der Waals surface area contributed by atoms with Crippen LogP contribution in [-0.2, 0) is 6.54 Å². The van der Waals surface area contributed by atoms with E-state index in [9.17, 15) is 4.39 Å². The Hall–Kier alpha value is -1.29. The third-order valence-electron chi connectivity index (χ3n) is 2.31. The molecule has 0 aliphatic rings. The van der Waals surface area contributed by atoms with Crippen molar-refractivity contribution in [3.8, 4) is 11.5 Å². The predicted octanol–water partition coefficient (Wildman–Crippen LogP) is 4.38. The zero-order valence-electron chi connectivity index (χ0n) is 9.29. The Balaban J connectivity index is 2.34. The molecule has 18 heavy (non-hydrogen) atoms. The van der Waals surface area contributed by atoms with Crippen molar-refractivity contribution in [3.05, 3.63) is 57.8 Å². The van der Waals surface area contributed by atoms with Crippen LogP contribution in [0, 0.1) is 5.82 Å². The number of hydrogen-bond donors (Lipinski definition) is 1. The van der Waals surface area contributed by atoms with Crippen LogP contribution in [0.3, 0.4) is 0 Å². The molecule has 0 saturated carbocycles. The van der Waals surface area contributed by atoms with Gasteiger partial charge in [-0.3, -0.25) is 0 Å². The molecule has 0 fully saturated rings. The van der Waals surface area contributed by atoms with Crippen molar-refractivity contribution in [1.82, 2.24) is 0 Å². The van der Waals surface area contributed by atoms with Gasteiger partial charge >= 0.3 is 0 Å².